The molecule has 2 aromatic rings. The zero-order valence-corrected chi connectivity index (χ0v) is 22.9. The summed E-state index contributed by atoms with van der Waals surface area (Å²) in [7, 11) is -4.05. The Labute approximate surface area is 231 Å². The maximum atomic E-state index is 15.0. The smallest absolute Gasteiger partial charge is 0.410 e. The van der Waals surface area contributed by atoms with Crippen LogP contribution in [0.25, 0.3) is 0 Å². The third kappa shape index (κ3) is 4.64. The molecule has 2 atom stereocenters. The third-order valence-electron chi connectivity index (χ3n) is 7.13. The van der Waals surface area contributed by atoms with Crippen LogP contribution in [-0.4, -0.2) is 67.0 Å². The molecule has 3 heterocycles. The first-order valence-electron chi connectivity index (χ1n) is 11.7. The number of halogens is 3. The van der Waals surface area contributed by atoms with Crippen LogP contribution in [0.15, 0.2) is 45.9 Å². The Morgan fingerprint density at radius 3 is 2.61 bits per heavy atom. The van der Waals surface area contributed by atoms with Crippen LogP contribution < -0.4 is 10.6 Å². The van der Waals surface area contributed by atoms with Crippen LogP contribution in [0.5, 0.6) is 0 Å². The summed E-state index contributed by atoms with van der Waals surface area (Å²) in [5.74, 6) is -1.32. The van der Waals surface area contributed by atoms with Crippen molar-refractivity contribution >= 4 is 49.4 Å². The molecule has 5 rings (SSSR count). The minimum Gasteiger partial charge on any atom is -0.425 e. The van der Waals surface area contributed by atoms with E-state index in [0.29, 0.717) is 17.3 Å². The number of amides is 2. The number of nitrogens with one attached hydrogen (secondary N) is 2. The fraction of sp³-hybridized carbons (Fsp3) is 0.417. The van der Waals surface area contributed by atoms with Crippen molar-refractivity contribution in [1.82, 2.24) is 20.5 Å². The van der Waals surface area contributed by atoms with Crippen molar-refractivity contribution in [2.45, 2.75) is 46.6 Å². The van der Waals surface area contributed by atoms with Crippen molar-refractivity contribution in [2.24, 2.45) is 0 Å². The lowest BCUT2D eigenvalue weighted by Crippen LogP contribution is -2.66. The molecule has 3 fully saturated rings. The first kappa shape index (κ1) is 26.8. The molecule has 1 aromatic carbocycles. The van der Waals surface area contributed by atoms with E-state index in [1.165, 1.54) is 30.5 Å². The second-order valence-corrected chi connectivity index (χ2v) is 13.2. The first-order chi connectivity index (χ1) is 18.0. The van der Waals surface area contributed by atoms with Crippen LogP contribution >= 0.6 is 27.5 Å². The molecule has 2 amide bonds. The van der Waals surface area contributed by atoms with E-state index < -0.39 is 50.1 Å². The van der Waals surface area contributed by atoms with Crippen LogP contribution in [0.2, 0.25) is 5.02 Å². The van der Waals surface area contributed by atoms with Crippen LogP contribution in [-0.2, 0) is 24.8 Å². The first-order valence-corrected chi connectivity index (χ1v) is 14.4. The highest BCUT2D eigenvalue weighted by atomic mass is 79.9. The lowest BCUT2D eigenvalue weighted by molar-refractivity contribution is -0.147. The number of hydrogen-bond acceptors (Lipinski definition) is 8. The van der Waals surface area contributed by atoms with Gasteiger partial charge in [0.1, 0.15) is 16.8 Å². The minimum atomic E-state index is -4.05. The van der Waals surface area contributed by atoms with Crippen LogP contribution in [0.3, 0.4) is 0 Å². The Bertz CT molecular complexity index is 1460. The predicted molar refractivity (Wildman–Crippen MR) is 136 cm³/mol. The van der Waals surface area contributed by atoms with E-state index >= 15 is 0 Å². The number of nitriles is 1. The van der Waals surface area contributed by atoms with Gasteiger partial charge < -0.3 is 20.3 Å². The van der Waals surface area contributed by atoms with Gasteiger partial charge in [0.15, 0.2) is 16.1 Å². The van der Waals surface area contributed by atoms with E-state index in [0.717, 1.165) is 4.90 Å². The lowest BCUT2D eigenvalue weighted by atomic mass is 9.76. The number of carbonyl (C=O) groups excluding carboxylic acids is 2. The summed E-state index contributed by atoms with van der Waals surface area (Å²) in [5.41, 5.74) is -2.54. The van der Waals surface area contributed by atoms with Gasteiger partial charge in [-0.3, -0.25) is 9.78 Å². The number of hydrogen-bond donors (Lipinski definition) is 2. The van der Waals surface area contributed by atoms with E-state index in [1.54, 1.807) is 6.07 Å². The van der Waals surface area contributed by atoms with Gasteiger partial charge in [0, 0.05) is 36.7 Å². The summed E-state index contributed by atoms with van der Waals surface area (Å²) in [6.45, 7) is -0.188. The highest BCUT2D eigenvalue weighted by molar-refractivity contribution is 9.10. The molecule has 1 saturated carbocycles. The van der Waals surface area contributed by atoms with E-state index in [2.05, 4.69) is 31.5 Å². The quantitative estimate of drug-likeness (QED) is 0.499. The number of rotatable bonds is 6. The molecule has 10 nitrogen and oxygen atoms in total. The van der Waals surface area contributed by atoms with Crippen LogP contribution in [0.4, 0.5) is 9.18 Å². The van der Waals surface area contributed by atoms with Gasteiger partial charge in [0.2, 0.25) is 5.91 Å². The monoisotopic (exact) mass is 625 g/mol. The fourth-order valence-electron chi connectivity index (χ4n) is 4.74. The van der Waals surface area contributed by atoms with Crippen molar-refractivity contribution in [2.75, 3.05) is 19.6 Å². The second kappa shape index (κ2) is 9.75. The largest absolute Gasteiger partial charge is 0.425 e. The SMILES string of the molecule is N#CC1(NC(=O)O[C@H]2C[C@@H](S(=O)(=O)c3ccccc3Cl)CN2C(=O)C2(c3ncc(Br)cc3F)CNC2)CC1. The summed E-state index contributed by atoms with van der Waals surface area (Å²) >= 11 is 9.33. The van der Waals surface area contributed by atoms with E-state index in [9.17, 15) is 27.7 Å². The zero-order chi connectivity index (χ0) is 27.3. The van der Waals surface area contributed by atoms with Gasteiger partial charge in [-0.2, -0.15) is 5.26 Å². The molecule has 1 aliphatic carbocycles. The lowest BCUT2D eigenvalue weighted by Gasteiger charge is -2.43. The van der Waals surface area contributed by atoms with Crippen molar-refractivity contribution in [3.05, 3.63) is 57.5 Å². The number of benzene rings is 1. The van der Waals surface area contributed by atoms with Crippen LogP contribution in [0.1, 0.15) is 25.0 Å². The second-order valence-electron chi connectivity index (χ2n) is 9.64. The van der Waals surface area contributed by atoms with Gasteiger partial charge in [0.05, 0.1) is 26.9 Å². The predicted octanol–water partition coefficient (Wildman–Crippen LogP) is 2.66. The average molecular weight is 627 g/mol. The number of sulfone groups is 1. The molecule has 2 saturated heterocycles. The maximum Gasteiger partial charge on any atom is 0.410 e. The van der Waals surface area contributed by atoms with Crippen LogP contribution in [0, 0.1) is 17.1 Å². The van der Waals surface area contributed by atoms with Gasteiger partial charge in [-0.25, -0.2) is 17.6 Å². The maximum absolute atomic E-state index is 15.0. The number of carbonyl (C=O) groups is 2. The molecule has 0 bridgehead atoms. The Balaban J connectivity index is 1.47. The number of nitrogens with zero attached hydrogens (tertiary/aromatic N) is 3. The van der Waals surface area contributed by atoms with Crippen molar-refractivity contribution in [3.63, 3.8) is 0 Å². The molecular weight excluding hydrogens is 605 g/mol. The minimum absolute atomic E-state index is 0.0259. The molecule has 0 unspecified atom stereocenters. The van der Waals surface area contributed by atoms with Gasteiger partial charge in [-0.05, 0) is 47.0 Å². The summed E-state index contributed by atoms with van der Waals surface area (Å²) < 4.78 is 47.9. The number of likely N-dealkylation sites (tertiary alicyclic amines) is 1. The molecule has 14 heteroatoms. The normalized spacial score (nSPS) is 23.2. The molecule has 2 N–H and O–H groups in total. The molecule has 2 aliphatic heterocycles. The van der Waals surface area contributed by atoms with Gasteiger partial charge in [-0.15, -0.1) is 0 Å². The molecule has 38 heavy (non-hydrogen) atoms. The van der Waals surface area contributed by atoms with E-state index in [4.69, 9.17) is 16.3 Å². The van der Waals surface area contributed by atoms with E-state index in [-0.39, 0.29) is 41.7 Å². The average Bonchev–Trinajstić information content (AvgIpc) is 3.48. The van der Waals surface area contributed by atoms with Gasteiger partial charge >= 0.3 is 6.09 Å². The molecule has 3 aliphatic rings. The highest BCUT2D eigenvalue weighted by Gasteiger charge is 2.56. The van der Waals surface area contributed by atoms with Crippen molar-refractivity contribution in [1.29, 1.82) is 5.26 Å². The standard InChI is InChI=1S/C24H22BrClFN5O5S/c25-14-7-17(27)20(30-9-14)24(12-29-13-24)21(33)32-10-15(38(35,36)18-4-2-1-3-16(18)26)8-19(32)37-22(34)31-23(11-28)5-6-23/h1-4,7,9,15,19,29H,5-6,8,10,12-13H2,(H,31,34)/t15-,19+/m1/s1. The molecule has 0 spiro atoms. The number of pyridine rings is 1. The zero-order valence-electron chi connectivity index (χ0n) is 19.8. The summed E-state index contributed by atoms with van der Waals surface area (Å²) in [6.07, 6.45) is -0.172. The molecule has 0 radical (unpaired) electrons. The number of aromatic nitrogens is 1. The Morgan fingerprint density at radius 1 is 1.32 bits per heavy atom. The Kier molecular flexibility index (Phi) is 6.88. The Morgan fingerprint density at radius 2 is 2.03 bits per heavy atom. The topological polar surface area (TPSA) is 141 Å². The Hall–Kier alpha value is -2.79. The van der Waals surface area contributed by atoms with Crippen molar-refractivity contribution in [3.8, 4) is 6.07 Å². The van der Waals surface area contributed by atoms with Gasteiger partial charge in [0.25, 0.3) is 0 Å². The number of alkyl carbamates (subject to hydrolysis) is 1. The molecular formula is C24H22BrClFN5O5S. The molecule has 200 valence electrons. The summed E-state index contributed by atoms with van der Waals surface area (Å²) in [4.78, 5) is 31.9. The number of ether oxygens (including phenoxy) is 1. The fourth-order valence-corrected chi connectivity index (χ4v) is 7.25. The summed E-state index contributed by atoms with van der Waals surface area (Å²) in [6, 6.07) is 9.15. The van der Waals surface area contributed by atoms with Crippen molar-refractivity contribution < 1.29 is 27.1 Å². The van der Waals surface area contributed by atoms with E-state index in [1.807, 2.05) is 6.07 Å². The summed E-state index contributed by atoms with van der Waals surface area (Å²) in [5, 5.41) is 13.6. The molecule has 1 aromatic heterocycles. The van der Waals surface area contributed by atoms with Gasteiger partial charge in [-0.1, -0.05) is 23.7 Å². The highest BCUT2D eigenvalue weighted by Crippen LogP contribution is 2.39. The third-order valence-corrected chi connectivity index (χ3v) is 10.2.